The monoisotopic (exact) mass is 486 g/mol. The summed E-state index contributed by atoms with van der Waals surface area (Å²) < 4.78 is 61.2. The van der Waals surface area contributed by atoms with Gasteiger partial charge in [-0.05, 0) is 51.0 Å². The standard InChI is InChI=1S/C22H26F3N2O3PS/c1-17(15-21(28)26-32(29,30)22(23,24)25)27-14-8-9-18(27)16-31(19-10-4-2-5-11-19)20-12-6-3-7-13-20/h2-7,10-13,17-18H,8-9,14-16H2,1H3,(H,26,28)/t17?,18-/m0/s1. The second-order valence-electron chi connectivity index (χ2n) is 7.84. The number of halogens is 3. The minimum atomic E-state index is -5.69. The first-order valence-electron chi connectivity index (χ1n) is 10.3. The lowest BCUT2D eigenvalue weighted by Gasteiger charge is -2.33. The van der Waals surface area contributed by atoms with Crippen molar-refractivity contribution in [1.29, 1.82) is 0 Å². The molecule has 1 aliphatic rings. The number of nitrogens with one attached hydrogen (secondary N) is 1. The molecule has 0 bridgehead atoms. The Morgan fingerprint density at radius 2 is 1.62 bits per heavy atom. The van der Waals surface area contributed by atoms with Crippen molar-refractivity contribution in [2.75, 3.05) is 12.7 Å². The van der Waals surface area contributed by atoms with Crippen LogP contribution in [0.15, 0.2) is 60.7 Å². The van der Waals surface area contributed by atoms with Crippen LogP contribution >= 0.6 is 7.92 Å². The van der Waals surface area contributed by atoms with E-state index in [1.807, 2.05) is 36.4 Å². The number of amides is 1. The Kier molecular flexibility index (Phi) is 7.96. The molecule has 174 valence electrons. The van der Waals surface area contributed by atoms with E-state index in [2.05, 4.69) is 29.2 Å². The molecule has 1 unspecified atom stereocenters. The zero-order valence-electron chi connectivity index (χ0n) is 17.6. The first-order chi connectivity index (χ1) is 15.1. The summed E-state index contributed by atoms with van der Waals surface area (Å²) in [4.78, 5) is 14.2. The van der Waals surface area contributed by atoms with Gasteiger partial charge in [-0.3, -0.25) is 9.69 Å². The summed E-state index contributed by atoms with van der Waals surface area (Å²) in [5, 5.41) is 2.48. The van der Waals surface area contributed by atoms with Crippen LogP contribution in [-0.2, 0) is 14.8 Å². The Labute approximate surface area is 187 Å². The summed E-state index contributed by atoms with van der Waals surface area (Å²) in [6.07, 6.45) is 2.38. The SMILES string of the molecule is CC(CC(=O)NS(=O)(=O)C(F)(F)F)N1CCC[C@H]1CP(c1ccccc1)c1ccccc1. The number of alkyl halides is 3. The number of benzene rings is 2. The second kappa shape index (κ2) is 10.3. The summed E-state index contributed by atoms with van der Waals surface area (Å²) in [7, 11) is -6.34. The molecule has 1 fully saturated rings. The maximum atomic E-state index is 12.5. The van der Waals surface area contributed by atoms with Crippen LogP contribution in [0.5, 0.6) is 0 Å². The molecular weight excluding hydrogens is 460 g/mol. The summed E-state index contributed by atoms with van der Waals surface area (Å²) in [5.74, 6) is -1.14. The number of nitrogens with zero attached hydrogens (tertiary/aromatic N) is 1. The van der Waals surface area contributed by atoms with Crippen molar-refractivity contribution in [2.45, 2.75) is 43.8 Å². The molecule has 5 nitrogen and oxygen atoms in total. The summed E-state index contributed by atoms with van der Waals surface area (Å²) in [6.45, 7) is 2.48. The lowest BCUT2D eigenvalue weighted by atomic mass is 10.1. The maximum Gasteiger partial charge on any atom is 0.516 e. The van der Waals surface area contributed by atoms with Crippen LogP contribution < -0.4 is 15.3 Å². The van der Waals surface area contributed by atoms with E-state index in [1.54, 1.807) is 6.92 Å². The van der Waals surface area contributed by atoms with Crippen molar-refractivity contribution in [1.82, 2.24) is 9.62 Å². The smallest absolute Gasteiger partial charge is 0.297 e. The highest BCUT2D eigenvalue weighted by molar-refractivity contribution is 7.90. The Hall–Kier alpha value is -1.96. The van der Waals surface area contributed by atoms with E-state index in [9.17, 15) is 26.4 Å². The van der Waals surface area contributed by atoms with Gasteiger partial charge in [-0.2, -0.15) is 21.6 Å². The van der Waals surface area contributed by atoms with Gasteiger partial charge in [0, 0.05) is 18.5 Å². The molecule has 2 atom stereocenters. The Bertz CT molecular complexity index is 965. The van der Waals surface area contributed by atoms with E-state index in [1.165, 1.54) is 10.6 Å². The van der Waals surface area contributed by atoms with Crippen LogP contribution in [0.1, 0.15) is 26.2 Å². The molecule has 0 spiro atoms. The fourth-order valence-corrected chi connectivity index (χ4v) is 7.15. The van der Waals surface area contributed by atoms with E-state index in [4.69, 9.17) is 0 Å². The zero-order chi connectivity index (χ0) is 23.4. The van der Waals surface area contributed by atoms with Gasteiger partial charge in [0.2, 0.25) is 5.91 Å². The van der Waals surface area contributed by atoms with Gasteiger partial charge in [0.1, 0.15) is 0 Å². The fourth-order valence-electron chi connectivity index (χ4n) is 4.06. The average molecular weight is 486 g/mol. The Morgan fingerprint density at radius 1 is 1.09 bits per heavy atom. The van der Waals surface area contributed by atoms with Crippen LogP contribution in [0.3, 0.4) is 0 Å². The lowest BCUT2D eigenvalue weighted by Crippen LogP contribution is -2.45. The number of sulfonamides is 1. The molecule has 1 amide bonds. The average Bonchev–Trinajstić information content (AvgIpc) is 3.20. The van der Waals surface area contributed by atoms with Gasteiger partial charge < -0.3 is 0 Å². The van der Waals surface area contributed by atoms with Gasteiger partial charge in [-0.15, -0.1) is 0 Å². The normalized spacial score (nSPS) is 18.6. The highest BCUT2D eigenvalue weighted by atomic mass is 32.2. The first-order valence-corrected chi connectivity index (χ1v) is 13.3. The van der Waals surface area contributed by atoms with Crippen molar-refractivity contribution in [3.63, 3.8) is 0 Å². The third kappa shape index (κ3) is 6.09. The molecule has 0 saturated carbocycles. The Morgan fingerprint density at radius 3 is 2.12 bits per heavy atom. The molecule has 1 saturated heterocycles. The highest BCUT2D eigenvalue weighted by Crippen LogP contribution is 2.38. The molecule has 0 aliphatic carbocycles. The number of rotatable bonds is 8. The van der Waals surface area contributed by atoms with Gasteiger partial charge in [0.15, 0.2) is 0 Å². The van der Waals surface area contributed by atoms with Crippen LogP contribution in [0.2, 0.25) is 0 Å². The van der Waals surface area contributed by atoms with Gasteiger partial charge in [0.05, 0.1) is 0 Å². The third-order valence-electron chi connectivity index (χ3n) is 5.55. The Balaban J connectivity index is 1.72. The first kappa shape index (κ1) is 24.7. The van der Waals surface area contributed by atoms with Crippen LogP contribution in [0.4, 0.5) is 13.2 Å². The predicted octanol–water partition coefficient (Wildman–Crippen LogP) is 3.33. The largest absolute Gasteiger partial charge is 0.516 e. The van der Waals surface area contributed by atoms with E-state index < -0.39 is 29.4 Å². The van der Waals surface area contributed by atoms with Crippen molar-refractivity contribution >= 4 is 34.5 Å². The number of likely N-dealkylation sites (tertiary alicyclic amines) is 1. The van der Waals surface area contributed by atoms with Gasteiger partial charge in [-0.1, -0.05) is 60.7 Å². The topological polar surface area (TPSA) is 66.5 Å². The van der Waals surface area contributed by atoms with E-state index in [0.29, 0.717) is 0 Å². The highest BCUT2D eigenvalue weighted by Gasteiger charge is 2.47. The van der Waals surface area contributed by atoms with Crippen molar-refractivity contribution < 1.29 is 26.4 Å². The van der Waals surface area contributed by atoms with Crippen LogP contribution in [0.25, 0.3) is 0 Å². The van der Waals surface area contributed by atoms with Crippen LogP contribution in [0, 0.1) is 0 Å². The maximum absolute atomic E-state index is 12.5. The van der Waals surface area contributed by atoms with Crippen molar-refractivity contribution in [2.24, 2.45) is 0 Å². The molecule has 3 rings (SSSR count). The summed E-state index contributed by atoms with van der Waals surface area (Å²) in [5.41, 5.74) is -5.51. The lowest BCUT2D eigenvalue weighted by molar-refractivity contribution is -0.121. The van der Waals surface area contributed by atoms with E-state index in [-0.39, 0.29) is 18.5 Å². The van der Waals surface area contributed by atoms with Gasteiger partial charge in [-0.25, -0.2) is 4.72 Å². The van der Waals surface area contributed by atoms with Crippen molar-refractivity contribution in [3.05, 3.63) is 60.7 Å². The molecule has 0 radical (unpaired) electrons. The zero-order valence-corrected chi connectivity index (χ0v) is 19.3. The molecule has 0 aromatic heterocycles. The molecule has 10 heteroatoms. The molecule has 1 heterocycles. The molecule has 2 aromatic rings. The van der Waals surface area contributed by atoms with Crippen LogP contribution in [-0.4, -0.2) is 49.5 Å². The molecule has 32 heavy (non-hydrogen) atoms. The summed E-state index contributed by atoms with van der Waals surface area (Å²) >= 11 is 0. The van der Waals surface area contributed by atoms with Gasteiger partial charge in [0.25, 0.3) is 0 Å². The van der Waals surface area contributed by atoms with Gasteiger partial charge >= 0.3 is 15.5 Å². The minimum Gasteiger partial charge on any atom is -0.297 e. The third-order valence-corrected chi connectivity index (χ3v) is 9.29. The second-order valence-corrected chi connectivity index (χ2v) is 11.8. The number of hydrogen-bond donors (Lipinski definition) is 1. The molecular formula is C22H26F3N2O3PS. The number of carbonyl (C=O) groups excluding carboxylic acids is 1. The fraction of sp³-hybridized carbons (Fsp3) is 0.409. The molecule has 2 aromatic carbocycles. The molecule has 1 N–H and O–H groups in total. The van der Waals surface area contributed by atoms with E-state index in [0.717, 1.165) is 30.3 Å². The number of hydrogen-bond acceptors (Lipinski definition) is 4. The quantitative estimate of drug-likeness (QED) is 0.582. The number of carbonyl (C=O) groups is 1. The van der Waals surface area contributed by atoms with Crippen molar-refractivity contribution in [3.8, 4) is 0 Å². The molecule has 1 aliphatic heterocycles. The summed E-state index contributed by atoms with van der Waals surface area (Å²) in [6, 6.07) is 20.2. The minimum absolute atomic E-state index is 0.156. The predicted molar refractivity (Wildman–Crippen MR) is 121 cm³/mol. The van der Waals surface area contributed by atoms with E-state index >= 15 is 0 Å².